The maximum atomic E-state index is 12.7. The summed E-state index contributed by atoms with van der Waals surface area (Å²) in [5, 5.41) is 9.51. The Morgan fingerprint density at radius 1 is 1.43 bits per heavy atom. The van der Waals surface area contributed by atoms with E-state index in [0.29, 0.717) is 15.6 Å². The second kappa shape index (κ2) is 7.27. The Kier molecular flexibility index (Phi) is 5.59. The van der Waals surface area contributed by atoms with Crippen LogP contribution in [0.5, 0.6) is 0 Å². The Morgan fingerprint density at radius 3 is 2.65 bits per heavy atom. The fourth-order valence-electron chi connectivity index (χ4n) is 2.44. The van der Waals surface area contributed by atoms with Gasteiger partial charge in [-0.05, 0) is 30.0 Å². The number of carbonyl (C=O) groups excluding carboxylic acids is 1. The van der Waals surface area contributed by atoms with Gasteiger partial charge in [-0.1, -0.05) is 68.5 Å². The molecule has 0 spiro atoms. The summed E-state index contributed by atoms with van der Waals surface area (Å²) < 4.78 is 0.308. The second-order valence-electron chi connectivity index (χ2n) is 5.58. The van der Waals surface area contributed by atoms with Gasteiger partial charge in [-0.15, -0.1) is 0 Å². The molecule has 2 atom stereocenters. The first kappa shape index (κ1) is 17.7. The van der Waals surface area contributed by atoms with E-state index in [2.05, 4.69) is 0 Å². The Labute approximate surface area is 145 Å². The van der Waals surface area contributed by atoms with Crippen molar-refractivity contribution < 1.29 is 14.7 Å². The Bertz CT molecular complexity index is 684. The molecule has 0 aliphatic carbocycles. The molecule has 1 N–H and O–H groups in total. The molecule has 0 bridgehead atoms. The zero-order chi connectivity index (χ0) is 17.1. The molecule has 1 aliphatic heterocycles. The van der Waals surface area contributed by atoms with Gasteiger partial charge in [0.25, 0.3) is 5.91 Å². The summed E-state index contributed by atoms with van der Waals surface area (Å²) in [7, 11) is 0. The van der Waals surface area contributed by atoms with Crippen molar-refractivity contribution >= 4 is 46.3 Å². The van der Waals surface area contributed by atoms with Gasteiger partial charge in [0.2, 0.25) is 0 Å². The van der Waals surface area contributed by atoms with Crippen molar-refractivity contribution in [2.24, 2.45) is 5.92 Å². The average molecular weight is 349 g/mol. The zero-order valence-corrected chi connectivity index (χ0v) is 14.9. The average Bonchev–Trinajstić information content (AvgIpc) is 2.77. The minimum atomic E-state index is -1.02. The highest BCUT2D eigenvalue weighted by atomic mass is 32.2. The number of thioether (sulfide) groups is 1. The number of carbonyl (C=O) groups is 2. The number of hydrogen-bond acceptors (Lipinski definition) is 4. The lowest BCUT2D eigenvalue weighted by Crippen LogP contribution is -2.47. The van der Waals surface area contributed by atoms with Crippen molar-refractivity contribution in [3.05, 3.63) is 40.3 Å². The topological polar surface area (TPSA) is 57.6 Å². The number of hydrogen-bond donors (Lipinski definition) is 1. The Morgan fingerprint density at radius 2 is 2.09 bits per heavy atom. The quantitative estimate of drug-likeness (QED) is 0.649. The van der Waals surface area contributed by atoms with Gasteiger partial charge >= 0.3 is 5.97 Å². The number of amides is 1. The Balaban J connectivity index is 2.36. The fourth-order valence-corrected chi connectivity index (χ4v) is 3.76. The first-order valence-corrected chi connectivity index (χ1v) is 8.64. The summed E-state index contributed by atoms with van der Waals surface area (Å²) in [6.45, 7) is 5.69. The molecular formula is C17H19NO3S2. The van der Waals surface area contributed by atoms with Gasteiger partial charge < -0.3 is 5.11 Å². The van der Waals surface area contributed by atoms with Crippen LogP contribution in [0, 0.1) is 12.8 Å². The Hall–Kier alpha value is -1.66. The molecule has 0 aromatic heterocycles. The second-order valence-corrected chi connectivity index (χ2v) is 7.25. The van der Waals surface area contributed by atoms with Crippen molar-refractivity contribution in [2.45, 2.75) is 33.2 Å². The number of thiocarbonyl (C=S) groups is 1. The van der Waals surface area contributed by atoms with E-state index < -0.39 is 12.0 Å². The summed E-state index contributed by atoms with van der Waals surface area (Å²) in [4.78, 5) is 26.0. The third-order valence-corrected chi connectivity index (χ3v) is 5.34. The maximum absolute atomic E-state index is 12.7. The molecule has 1 aliphatic rings. The van der Waals surface area contributed by atoms with Gasteiger partial charge in [0.15, 0.2) is 0 Å². The molecule has 23 heavy (non-hydrogen) atoms. The molecule has 1 aromatic carbocycles. The molecule has 1 heterocycles. The van der Waals surface area contributed by atoms with Gasteiger partial charge in [-0.3, -0.25) is 9.69 Å². The van der Waals surface area contributed by atoms with Crippen LogP contribution in [-0.4, -0.2) is 32.2 Å². The van der Waals surface area contributed by atoms with Gasteiger partial charge in [0.05, 0.1) is 4.91 Å². The molecule has 0 saturated carbocycles. The molecular weight excluding hydrogens is 330 g/mol. The van der Waals surface area contributed by atoms with Gasteiger partial charge in [0.1, 0.15) is 10.4 Å². The minimum Gasteiger partial charge on any atom is -0.480 e. The van der Waals surface area contributed by atoms with Crippen LogP contribution >= 0.6 is 24.0 Å². The molecule has 1 fully saturated rings. The lowest BCUT2D eigenvalue weighted by Gasteiger charge is -2.27. The fraction of sp³-hybridized carbons (Fsp3) is 0.353. The normalized spacial score (nSPS) is 19.3. The van der Waals surface area contributed by atoms with Crippen LogP contribution in [-0.2, 0) is 9.59 Å². The molecule has 1 saturated heterocycles. The van der Waals surface area contributed by atoms with E-state index in [-0.39, 0.29) is 11.8 Å². The first-order valence-electron chi connectivity index (χ1n) is 7.42. The number of nitrogens with zero attached hydrogens (tertiary/aromatic N) is 1. The summed E-state index contributed by atoms with van der Waals surface area (Å²) in [6, 6.07) is 6.80. The van der Waals surface area contributed by atoms with E-state index >= 15 is 0 Å². The SMILES string of the molecule is CCC(C)C(C(=O)O)N1C(=O)C(=Cc2ccccc2C)SC1=S. The van der Waals surface area contributed by atoms with Crippen LogP contribution in [0.25, 0.3) is 6.08 Å². The molecule has 2 unspecified atom stereocenters. The summed E-state index contributed by atoms with van der Waals surface area (Å²) >= 11 is 6.43. The lowest BCUT2D eigenvalue weighted by molar-refractivity contribution is -0.147. The van der Waals surface area contributed by atoms with E-state index in [0.717, 1.165) is 22.9 Å². The van der Waals surface area contributed by atoms with Crippen LogP contribution in [0.3, 0.4) is 0 Å². The third kappa shape index (κ3) is 3.64. The molecule has 1 aromatic rings. The molecule has 0 radical (unpaired) electrons. The van der Waals surface area contributed by atoms with Crippen LogP contribution in [0.2, 0.25) is 0 Å². The smallest absolute Gasteiger partial charge is 0.327 e. The summed E-state index contributed by atoms with van der Waals surface area (Å²) in [5.41, 5.74) is 1.98. The molecule has 1 amide bonds. The number of rotatable bonds is 5. The molecule has 2 rings (SSSR count). The number of carboxylic acid groups (broad SMARTS) is 1. The predicted molar refractivity (Wildman–Crippen MR) is 97.1 cm³/mol. The number of benzene rings is 1. The van der Waals surface area contributed by atoms with Crippen molar-refractivity contribution in [1.82, 2.24) is 4.90 Å². The van der Waals surface area contributed by atoms with Gasteiger partial charge in [0, 0.05) is 0 Å². The summed E-state index contributed by atoms with van der Waals surface area (Å²) in [5.74, 6) is -1.52. The third-order valence-electron chi connectivity index (χ3n) is 4.01. The highest BCUT2D eigenvalue weighted by Crippen LogP contribution is 2.36. The molecule has 122 valence electrons. The monoisotopic (exact) mass is 349 g/mol. The number of carboxylic acids is 1. The van der Waals surface area contributed by atoms with Crippen molar-refractivity contribution in [3.63, 3.8) is 0 Å². The highest BCUT2D eigenvalue weighted by molar-refractivity contribution is 8.26. The van der Waals surface area contributed by atoms with Crippen molar-refractivity contribution in [1.29, 1.82) is 0 Å². The highest BCUT2D eigenvalue weighted by Gasteiger charge is 2.42. The van der Waals surface area contributed by atoms with E-state index in [1.807, 2.05) is 45.0 Å². The maximum Gasteiger partial charge on any atom is 0.327 e. The van der Waals surface area contributed by atoms with Crippen molar-refractivity contribution in [3.8, 4) is 0 Å². The van der Waals surface area contributed by atoms with E-state index in [1.54, 1.807) is 6.08 Å². The molecule has 4 nitrogen and oxygen atoms in total. The van der Waals surface area contributed by atoms with Crippen LogP contribution in [0.4, 0.5) is 0 Å². The zero-order valence-electron chi connectivity index (χ0n) is 13.3. The van der Waals surface area contributed by atoms with E-state index in [9.17, 15) is 14.7 Å². The van der Waals surface area contributed by atoms with E-state index in [1.165, 1.54) is 4.90 Å². The first-order chi connectivity index (χ1) is 10.9. The number of aliphatic carboxylic acids is 1. The van der Waals surface area contributed by atoms with E-state index in [4.69, 9.17) is 12.2 Å². The van der Waals surface area contributed by atoms with Crippen LogP contribution < -0.4 is 0 Å². The lowest BCUT2D eigenvalue weighted by atomic mass is 9.98. The number of aryl methyl sites for hydroxylation is 1. The minimum absolute atomic E-state index is 0.173. The standard InChI is InChI=1S/C17H19NO3S2/c1-4-10(2)14(16(20)21)18-15(19)13(23-17(18)22)9-12-8-6-5-7-11(12)3/h5-10,14H,4H2,1-3H3,(H,20,21). The summed E-state index contributed by atoms with van der Waals surface area (Å²) in [6.07, 6.45) is 2.44. The predicted octanol–water partition coefficient (Wildman–Crippen LogP) is 3.70. The van der Waals surface area contributed by atoms with Crippen LogP contribution in [0.15, 0.2) is 29.2 Å². The van der Waals surface area contributed by atoms with Gasteiger partial charge in [-0.2, -0.15) is 0 Å². The van der Waals surface area contributed by atoms with Gasteiger partial charge in [-0.25, -0.2) is 4.79 Å². The van der Waals surface area contributed by atoms with Crippen LogP contribution in [0.1, 0.15) is 31.4 Å². The van der Waals surface area contributed by atoms with Crippen molar-refractivity contribution in [2.75, 3.05) is 0 Å². The largest absolute Gasteiger partial charge is 0.480 e. The molecule has 6 heteroatoms.